The standard InChI is InChI=1S/C23H30N4O2S/c1-17(2)16-27-22(26-21-9-6-14-24-23(21)27)15-25-30(28,29)20-12-10-19(11-13-20)18-7-4-3-5-8-18/h6,9-14,17-18,25H,3-5,7-8,15-16H2,1-2H3. The Morgan fingerprint density at radius 2 is 1.83 bits per heavy atom. The highest BCUT2D eigenvalue weighted by Crippen LogP contribution is 2.32. The van der Waals surface area contributed by atoms with Crippen LogP contribution in [0.15, 0.2) is 47.5 Å². The van der Waals surface area contributed by atoms with Crippen molar-refractivity contribution in [1.29, 1.82) is 0 Å². The Bertz CT molecular complexity index is 1100. The first-order valence-electron chi connectivity index (χ1n) is 10.8. The Hall–Kier alpha value is -2.25. The highest BCUT2D eigenvalue weighted by Gasteiger charge is 2.20. The van der Waals surface area contributed by atoms with Crippen LogP contribution in [0.4, 0.5) is 0 Å². The van der Waals surface area contributed by atoms with E-state index in [0.29, 0.717) is 22.6 Å². The third-order valence-electron chi connectivity index (χ3n) is 5.82. The highest BCUT2D eigenvalue weighted by molar-refractivity contribution is 7.89. The number of hydrogen-bond acceptors (Lipinski definition) is 4. The zero-order valence-electron chi connectivity index (χ0n) is 17.7. The Morgan fingerprint density at radius 3 is 2.53 bits per heavy atom. The molecule has 2 heterocycles. The number of aromatic nitrogens is 3. The number of fused-ring (bicyclic) bond motifs is 1. The SMILES string of the molecule is CC(C)Cn1c(CNS(=O)(=O)c2ccc(C3CCCCC3)cc2)nc2cccnc21. The van der Waals surface area contributed by atoms with Gasteiger partial charge in [0.1, 0.15) is 11.3 Å². The molecule has 160 valence electrons. The van der Waals surface area contributed by atoms with Gasteiger partial charge in [-0.05, 0) is 54.5 Å². The molecule has 1 aliphatic rings. The van der Waals surface area contributed by atoms with E-state index in [0.717, 1.165) is 17.7 Å². The molecule has 4 rings (SSSR count). The molecule has 0 aliphatic heterocycles. The molecule has 0 saturated heterocycles. The predicted octanol–water partition coefficient (Wildman–Crippen LogP) is 4.61. The first-order valence-corrected chi connectivity index (χ1v) is 12.3. The topological polar surface area (TPSA) is 76.9 Å². The van der Waals surface area contributed by atoms with Gasteiger partial charge in [-0.2, -0.15) is 0 Å². The van der Waals surface area contributed by atoms with Crippen molar-refractivity contribution in [2.45, 2.75) is 69.9 Å². The van der Waals surface area contributed by atoms with Gasteiger partial charge in [-0.1, -0.05) is 45.2 Å². The first-order chi connectivity index (χ1) is 14.4. The van der Waals surface area contributed by atoms with Gasteiger partial charge in [0, 0.05) is 12.7 Å². The Kier molecular flexibility index (Phi) is 6.20. The number of imidazole rings is 1. The summed E-state index contributed by atoms with van der Waals surface area (Å²) in [6.07, 6.45) is 7.97. The second kappa shape index (κ2) is 8.86. The molecule has 0 radical (unpaired) electrons. The lowest BCUT2D eigenvalue weighted by atomic mass is 9.84. The molecule has 0 bridgehead atoms. The van der Waals surface area contributed by atoms with Crippen LogP contribution in [-0.2, 0) is 23.1 Å². The maximum absolute atomic E-state index is 12.9. The fourth-order valence-electron chi connectivity index (χ4n) is 4.30. The van der Waals surface area contributed by atoms with Gasteiger partial charge in [0.25, 0.3) is 0 Å². The molecule has 7 heteroatoms. The molecule has 0 atom stereocenters. The minimum Gasteiger partial charge on any atom is -0.311 e. The summed E-state index contributed by atoms with van der Waals surface area (Å²) in [5.41, 5.74) is 2.82. The van der Waals surface area contributed by atoms with Crippen molar-refractivity contribution in [3.8, 4) is 0 Å². The Balaban J connectivity index is 1.51. The summed E-state index contributed by atoms with van der Waals surface area (Å²) >= 11 is 0. The van der Waals surface area contributed by atoms with Crippen molar-refractivity contribution in [3.05, 3.63) is 54.0 Å². The van der Waals surface area contributed by atoms with Crippen LogP contribution in [0.1, 0.15) is 63.3 Å². The van der Waals surface area contributed by atoms with E-state index in [1.807, 2.05) is 28.8 Å². The molecule has 6 nitrogen and oxygen atoms in total. The zero-order chi connectivity index (χ0) is 21.1. The Morgan fingerprint density at radius 1 is 1.10 bits per heavy atom. The summed E-state index contributed by atoms with van der Waals surface area (Å²) in [7, 11) is -3.61. The van der Waals surface area contributed by atoms with Gasteiger partial charge in [-0.3, -0.25) is 0 Å². The van der Waals surface area contributed by atoms with Crippen molar-refractivity contribution in [2.24, 2.45) is 5.92 Å². The summed E-state index contributed by atoms with van der Waals surface area (Å²) in [6, 6.07) is 11.2. The molecule has 1 aliphatic carbocycles. The average molecular weight is 427 g/mol. The van der Waals surface area contributed by atoms with E-state index in [1.165, 1.54) is 37.7 Å². The van der Waals surface area contributed by atoms with E-state index >= 15 is 0 Å². The smallest absolute Gasteiger partial charge is 0.240 e. The predicted molar refractivity (Wildman–Crippen MR) is 119 cm³/mol. The number of rotatable bonds is 7. The molecule has 3 aromatic rings. The number of nitrogens with one attached hydrogen (secondary N) is 1. The second-order valence-electron chi connectivity index (χ2n) is 8.61. The van der Waals surface area contributed by atoms with E-state index in [2.05, 4.69) is 28.5 Å². The van der Waals surface area contributed by atoms with Crippen LogP contribution < -0.4 is 4.72 Å². The lowest BCUT2D eigenvalue weighted by molar-refractivity contribution is 0.443. The van der Waals surface area contributed by atoms with Gasteiger partial charge >= 0.3 is 0 Å². The fourth-order valence-corrected chi connectivity index (χ4v) is 5.28. The van der Waals surface area contributed by atoms with Crippen LogP contribution in [0, 0.1) is 5.92 Å². The molecule has 1 N–H and O–H groups in total. The van der Waals surface area contributed by atoms with E-state index in [1.54, 1.807) is 18.3 Å². The Labute approximate surface area is 178 Å². The maximum atomic E-state index is 12.9. The van der Waals surface area contributed by atoms with Crippen LogP contribution in [0.2, 0.25) is 0 Å². The summed E-state index contributed by atoms with van der Waals surface area (Å²) in [4.78, 5) is 9.34. The molecule has 1 fully saturated rings. The third kappa shape index (κ3) is 4.57. The van der Waals surface area contributed by atoms with Crippen LogP contribution in [0.25, 0.3) is 11.2 Å². The maximum Gasteiger partial charge on any atom is 0.240 e. The van der Waals surface area contributed by atoms with E-state index < -0.39 is 10.0 Å². The van der Waals surface area contributed by atoms with Gasteiger partial charge in [0.2, 0.25) is 10.0 Å². The van der Waals surface area contributed by atoms with Gasteiger partial charge in [-0.15, -0.1) is 0 Å². The largest absolute Gasteiger partial charge is 0.311 e. The number of pyridine rings is 1. The summed E-state index contributed by atoms with van der Waals surface area (Å²) < 4.78 is 30.5. The van der Waals surface area contributed by atoms with E-state index in [4.69, 9.17) is 0 Å². The van der Waals surface area contributed by atoms with Crippen LogP contribution in [-0.4, -0.2) is 23.0 Å². The van der Waals surface area contributed by atoms with Gasteiger partial charge < -0.3 is 4.57 Å². The molecule has 2 aromatic heterocycles. The van der Waals surface area contributed by atoms with Crippen molar-refractivity contribution in [2.75, 3.05) is 0 Å². The van der Waals surface area contributed by atoms with E-state index in [-0.39, 0.29) is 6.54 Å². The quantitative estimate of drug-likeness (QED) is 0.598. The molecule has 0 spiro atoms. The lowest BCUT2D eigenvalue weighted by Gasteiger charge is -2.22. The van der Waals surface area contributed by atoms with Crippen molar-refractivity contribution >= 4 is 21.2 Å². The van der Waals surface area contributed by atoms with Crippen molar-refractivity contribution < 1.29 is 8.42 Å². The molecular weight excluding hydrogens is 396 g/mol. The van der Waals surface area contributed by atoms with Crippen molar-refractivity contribution in [3.63, 3.8) is 0 Å². The van der Waals surface area contributed by atoms with Crippen LogP contribution >= 0.6 is 0 Å². The highest BCUT2D eigenvalue weighted by atomic mass is 32.2. The molecule has 1 saturated carbocycles. The second-order valence-corrected chi connectivity index (χ2v) is 10.4. The molecular formula is C23H30N4O2S. The summed E-state index contributed by atoms with van der Waals surface area (Å²) in [6.45, 7) is 5.11. The molecule has 0 unspecified atom stereocenters. The summed E-state index contributed by atoms with van der Waals surface area (Å²) in [5, 5.41) is 0. The number of hydrogen-bond donors (Lipinski definition) is 1. The molecule has 0 amide bonds. The minimum atomic E-state index is -3.61. The van der Waals surface area contributed by atoms with Crippen LogP contribution in [0.5, 0.6) is 0 Å². The third-order valence-corrected chi connectivity index (χ3v) is 7.23. The lowest BCUT2D eigenvalue weighted by Crippen LogP contribution is -2.25. The summed E-state index contributed by atoms with van der Waals surface area (Å²) in [5.74, 6) is 1.64. The van der Waals surface area contributed by atoms with Crippen molar-refractivity contribution in [1.82, 2.24) is 19.3 Å². The van der Waals surface area contributed by atoms with E-state index in [9.17, 15) is 8.42 Å². The number of benzene rings is 1. The monoisotopic (exact) mass is 426 g/mol. The van der Waals surface area contributed by atoms with Gasteiger partial charge in [-0.25, -0.2) is 23.1 Å². The van der Waals surface area contributed by atoms with Crippen LogP contribution in [0.3, 0.4) is 0 Å². The first kappa shape index (κ1) is 21.0. The minimum absolute atomic E-state index is 0.135. The molecule has 1 aromatic carbocycles. The van der Waals surface area contributed by atoms with Gasteiger partial charge in [0.05, 0.1) is 11.4 Å². The average Bonchev–Trinajstić information content (AvgIpc) is 3.10. The molecule has 30 heavy (non-hydrogen) atoms. The normalized spacial score (nSPS) is 15.8. The number of sulfonamides is 1. The fraction of sp³-hybridized carbons (Fsp3) is 0.478. The zero-order valence-corrected chi connectivity index (χ0v) is 18.5. The van der Waals surface area contributed by atoms with Gasteiger partial charge in [0.15, 0.2) is 5.65 Å². The number of nitrogens with zero attached hydrogens (tertiary/aromatic N) is 3.